The molecule has 0 unspecified atom stereocenters. The van der Waals surface area contributed by atoms with Crippen LogP contribution in [-0.4, -0.2) is 31.8 Å². The monoisotopic (exact) mass is 370 g/mol. The lowest BCUT2D eigenvalue weighted by Crippen LogP contribution is -2.21. The molecule has 1 saturated heterocycles. The number of alkyl halides is 3. The van der Waals surface area contributed by atoms with Gasteiger partial charge >= 0.3 is 0 Å². The highest BCUT2D eigenvalue weighted by Crippen LogP contribution is 2.33. The second-order valence-corrected chi connectivity index (χ2v) is 7.89. The first kappa shape index (κ1) is 16.2. The third kappa shape index (κ3) is 4.43. The van der Waals surface area contributed by atoms with Crippen molar-refractivity contribution < 1.29 is 4.79 Å². The highest BCUT2D eigenvalue weighted by Gasteiger charge is 2.30. The van der Waals surface area contributed by atoms with E-state index < -0.39 is 9.58 Å². The number of pyridine rings is 1. The summed E-state index contributed by atoms with van der Waals surface area (Å²) in [5, 5.41) is 1.25. The highest BCUT2D eigenvalue weighted by atomic mass is 35.6. The van der Waals surface area contributed by atoms with E-state index in [9.17, 15) is 4.79 Å². The maximum Gasteiger partial charge on any atom is 0.252 e. The Kier molecular flexibility index (Phi) is 5.49. The number of allylic oxidation sites excluding steroid dienone is 1. The number of aromatic nitrogens is 1. The highest BCUT2D eigenvalue weighted by molar-refractivity contribution is 8.03. The predicted molar refractivity (Wildman–Crippen MR) is 85.5 cm³/mol. The number of carbonyl (C=O) groups excluding carboxylic acids is 1. The number of hydrogen-bond donors (Lipinski definition) is 0. The van der Waals surface area contributed by atoms with Gasteiger partial charge in [0.2, 0.25) is 5.78 Å². The number of rotatable bonds is 3. The third-order valence-corrected chi connectivity index (χ3v) is 4.46. The molecule has 2 heterocycles. The summed E-state index contributed by atoms with van der Waals surface area (Å²) in [6, 6.07) is 3.63. The Morgan fingerprint density at radius 1 is 1.45 bits per heavy atom. The fourth-order valence-electron chi connectivity index (χ4n) is 1.67. The van der Waals surface area contributed by atoms with E-state index >= 15 is 0 Å². The minimum atomic E-state index is -1.91. The first-order valence-electron chi connectivity index (χ1n) is 5.67. The Morgan fingerprint density at radius 3 is 2.80 bits per heavy atom. The van der Waals surface area contributed by atoms with Crippen LogP contribution in [0.15, 0.2) is 29.4 Å². The minimum absolute atomic E-state index is 0.451. The van der Waals surface area contributed by atoms with Gasteiger partial charge in [0.1, 0.15) is 5.15 Å². The van der Waals surface area contributed by atoms with Gasteiger partial charge in [0.25, 0.3) is 3.79 Å². The van der Waals surface area contributed by atoms with Gasteiger partial charge in [-0.05, 0) is 11.6 Å². The molecule has 0 radical (unpaired) electrons. The third-order valence-electron chi connectivity index (χ3n) is 2.62. The zero-order valence-corrected chi connectivity index (χ0v) is 14.0. The number of hydrogen-bond acceptors (Lipinski definition) is 4. The molecule has 1 fully saturated rings. The van der Waals surface area contributed by atoms with Crippen molar-refractivity contribution in [3.63, 3.8) is 0 Å². The molecule has 8 heteroatoms. The van der Waals surface area contributed by atoms with Crippen LogP contribution >= 0.6 is 58.2 Å². The lowest BCUT2D eigenvalue weighted by Gasteiger charge is -2.19. The standard InChI is InChI=1S/C12H10Cl4N2OS/c13-10-2-1-8(6-17-10)7-18-3-4-20-11(18)5-9(19)12(14,15)16/h1-2,5-6H,3-4,7H2. The quantitative estimate of drug-likeness (QED) is 0.455. The van der Waals surface area contributed by atoms with Crippen LogP contribution in [0.3, 0.4) is 0 Å². The molecule has 0 aromatic carbocycles. The number of halogens is 4. The van der Waals surface area contributed by atoms with Crippen LogP contribution in [0.1, 0.15) is 5.56 Å². The van der Waals surface area contributed by atoms with Crippen molar-refractivity contribution in [3.8, 4) is 0 Å². The summed E-state index contributed by atoms with van der Waals surface area (Å²) in [6.07, 6.45) is 3.09. The molecule has 0 atom stereocenters. The van der Waals surface area contributed by atoms with Crippen molar-refractivity contribution in [1.82, 2.24) is 9.88 Å². The zero-order chi connectivity index (χ0) is 14.8. The van der Waals surface area contributed by atoms with Crippen LogP contribution in [0.5, 0.6) is 0 Å². The lowest BCUT2D eigenvalue weighted by atomic mass is 10.2. The van der Waals surface area contributed by atoms with Crippen molar-refractivity contribution in [2.24, 2.45) is 0 Å². The Hall–Kier alpha value is -0.130. The van der Waals surface area contributed by atoms with Crippen LogP contribution in [0.4, 0.5) is 0 Å². The number of thioether (sulfide) groups is 1. The van der Waals surface area contributed by atoms with Gasteiger partial charge in [-0.3, -0.25) is 4.79 Å². The van der Waals surface area contributed by atoms with Gasteiger partial charge in [-0.25, -0.2) is 4.98 Å². The maximum absolute atomic E-state index is 11.7. The number of nitrogens with zero attached hydrogens (tertiary/aromatic N) is 2. The van der Waals surface area contributed by atoms with Crippen molar-refractivity contribution in [2.45, 2.75) is 10.3 Å². The minimum Gasteiger partial charge on any atom is -0.361 e. The summed E-state index contributed by atoms with van der Waals surface area (Å²) >= 11 is 24.0. The average Bonchev–Trinajstić information content (AvgIpc) is 2.78. The largest absolute Gasteiger partial charge is 0.361 e. The molecule has 0 aliphatic carbocycles. The maximum atomic E-state index is 11.7. The molecular formula is C12H10Cl4N2OS. The van der Waals surface area contributed by atoms with Gasteiger partial charge in [-0.2, -0.15) is 0 Å². The zero-order valence-electron chi connectivity index (χ0n) is 10.2. The van der Waals surface area contributed by atoms with E-state index in [2.05, 4.69) is 4.98 Å². The van der Waals surface area contributed by atoms with Crippen molar-refractivity contribution in [2.75, 3.05) is 12.3 Å². The van der Waals surface area contributed by atoms with Gasteiger partial charge in [-0.1, -0.05) is 52.5 Å². The van der Waals surface area contributed by atoms with Crippen molar-refractivity contribution in [3.05, 3.63) is 40.2 Å². The van der Waals surface area contributed by atoms with E-state index in [4.69, 9.17) is 46.4 Å². The molecule has 1 aliphatic rings. The first-order valence-corrected chi connectivity index (χ1v) is 8.17. The van der Waals surface area contributed by atoms with Crippen LogP contribution in [-0.2, 0) is 11.3 Å². The fraction of sp³-hybridized carbons (Fsp3) is 0.333. The van der Waals surface area contributed by atoms with E-state index in [1.807, 2.05) is 11.0 Å². The summed E-state index contributed by atoms with van der Waals surface area (Å²) in [4.78, 5) is 17.8. The van der Waals surface area contributed by atoms with Crippen LogP contribution in [0.25, 0.3) is 0 Å². The molecule has 3 nitrogen and oxygen atoms in total. The van der Waals surface area contributed by atoms with Gasteiger partial charge < -0.3 is 4.90 Å². The van der Waals surface area contributed by atoms with E-state index in [1.165, 1.54) is 6.08 Å². The Balaban J connectivity index is 2.09. The first-order chi connectivity index (χ1) is 9.36. The summed E-state index contributed by atoms with van der Waals surface area (Å²) in [7, 11) is 0. The second-order valence-electron chi connectivity index (χ2n) is 4.10. The predicted octanol–water partition coefficient (Wildman–Crippen LogP) is 4.06. The number of ketones is 1. The summed E-state index contributed by atoms with van der Waals surface area (Å²) in [6.45, 7) is 1.46. The van der Waals surface area contributed by atoms with Crippen LogP contribution < -0.4 is 0 Å². The van der Waals surface area contributed by atoms with E-state index in [1.54, 1.807) is 24.0 Å². The van der Waals surface area contributed by atoms with Crippen LogP contribution in [0.2, 0.25) is 5.15 Å². The molecule has 0 saturated carbocycles. The van der Waals surface area contributed by atoms with E-state index in [-0.39, 0.29) is 0 Å². The fourth-order valence-corrected chi connectivity index (χ4v) is 2.99. The van der Waals surface area contributed by atoms with Gasteiger partial charge in [-0.15, -0.1) is 11.8 Å². The van der Waals surface area contributed by atoms with Gasteiger partial charge in [0.15, 0.2) is 0 Å². The Bertz CT molecular complexity index is 527. The molecule has 20 heavy (non-hydrogen) atoms. The number of carbonyl (C=O) groups is 1. The summed E-state index contributed by atoms with van der Waals surface area (Å²) < 4.78 is -1.91. The molecular weight excluding hydrogens is 362 g/mol. The Labute approximate surface area is 141 Å². The van der Waals surface area contributed by atoms with Crippen molar-refractivity contribution in [1.29, 1.82) is 0 Å². The van der Waals surface area contributed by atoms with E-state index in [0.29, 0.717) is 11.7 Å². The Morgan fingerprint density at radius 2 is 2.20 bits per heavy atom. The molecule has 1 aromatic rings. The van der Waals surface area contributed by atoms with Gasteiger partial charge in [0.05, 0.1) is 5.03 Å². The smallest absolute Gasteiger partial charge is 0.252 e. The van der Waals surface area contributed by atoms with Crippen LogP contribution in [0, 0.1) is 0 Å². The lowest BCUT2D eigenvalue weighted by molar-refractivity contribution is -0.113. The molecule has 2 rings (SSSR count). The average molecular weight is 372 g/mol. The molecule has 108 valence electrons. The molecule has 0 spiro atoms. The summed E-state index contributed by atoms with van der Waals surface area (Å²) in [5.74, 6) is 0.353. The molecule has 0 amide bonds. The SMILES string of the molecule is O=C(C=C1SCCN1Cc1ccc(Cl)nc1)C(Cl)(Cl)Cl. The summed E-state index contributed by atoms with van der Waals surface area (Å²) in [5.41, 5.74) is 1.00. The van der Waals surface area contributed by atoms with Gasteiger partial charge in [0, 0.05) is 31.1 Å². The molecule has 0 bridgehead atoms. The second kappa shape index (κ2) is 6.75. The van der Waals surface area contributed by atoms with E-state index in [0.717, 1.165) is 22.9 Å². The molecule has 1 aromatic heterocycles. The van der Waals surface area contributed by atoms with Crippen molar-refractivity contribution >= 4 is 63.9 Å². The normalized spacial score (nSPS) is 17.8. The molecule has 1 aliphatic heterocycles. The molecule has 0 N–H and O–H groups in total. The topological polar surface area (TPSA) is 33.2 Å².